The molecular weight excluding hydrogens is 196 g/mol. The van der Waals surface area contributed by atoms with Gasteiger partial charge >= 0.3 is 6.09 Å². The van der Waals surface area contributed by atoms with Crippen LogP contribution in [-0.2, 0) is 0 Å². The number of nitriles is 1. The third kappa shape index (κ3) is 2.88. The van der Waals surface area contributed by atoms with Gasteiger partial charge in [-0.15, -0.1) is 0 Å². The average Bonchev–Trinajstić information content (AvgIpc) is 2.22. The Kier molecular flexibility index (Phi) is 3.52. The van der Waals surface area contributed by atoms with E-state index in [0.29, 0.717) is 5.56 Å². The molecule has 0 heterocycles. The fraction of sp³-hybridized carbons (Fsp3) is 0.200. The van der Waals surface area contributed by atoms with Crippen molar-refractivity contribution >= 4 is 6.09 Å². The van der Waals surface area contributed by atoms with E-state index in [-0.39, 0.29) is 18.0 Å². The standard InChI is InChI=1S/C10H10N2O3/c1-7-8(13)3-2-4-9(7)15-10(14)12-6-5-11/h2-4,13H,6H2,1H3,(H,12,14). The Balaban J connectivity index is 2.69. The smallest absolute Gasteiger partial charge is 0.413 e. The molecule has 1 aromatic carbocycles. The Morgan fingerprint density at radius 1 is 1.67 bits per heavy atom. The number of ether oxygens (including phenoxy) is 1. The van der Waals surface area contributed by atoms with Gasteiger partial charge in [0, 0.05) is 5.56 Å². The number of carbonyl (C=O) groups excluding carboxylic acids is 1. The molecule has 0 fully saturated rings. The van der Waals surface area contributed by atoms with Gasteiger partial charge < -0.3 is 15.2 Å². The Labute approximate surface area is 86.9 Å². The second kappa shape index (κ2) is 4.86. The second-order valence-electron chi connectivity index (χ2n) is 2.80. The normalized spacial score (nSPS) is 9.07. The van der Waals surface area contributed by atoms with Crippen LogP contribution in [0.4, 0.5) is 4.79 Å². The van der Waals surface area contributed by atoms with E-state index in [4.69, 9.17) is 10.00 Å². The summed E-state index contributed by atoms with van der Waals surface area (Å²) >= 11 is 0. The molecule has 5 heteroatoms. The molecule has 0 saturated heterocycles. The van der Waals surface area contributed by atoms with E-state index in [2.05, 4.69) is 5.32 Å². The number of nitrogens with one attached hydrogen (secondary N) is 1. The molecule has 0 aromatic heterocycles. The highest BCUT2D eigenvalue weighted by molar-refractivity contribution is 5.71. The molecule has 0 spiro atoms. The molecule has 15 heavy (non-hydrogen) atoms. The van der Waals surface area contributed by atoms with E-state index in [0.717, 1.165) is 0 Å². The number of benzene rings is 1. The highest BCUT2D eigenvalue weighted by Gasteiger charge is 2.08. The van der Waals surface area contributed by atoms with Crippen LogP contribution in [0, 0.1) is 18.3 Å². The average molecular weight is 206 g/mol. The van der Waals surface area contributed by atoms with Gasteiger partial charge in [-0.1, -0.05) is 6.07 Å². The summed E-state index contributed by atoms with van der Waals surface area (Å²) in [5.74, 6) is 0.325. The monoisotopic (exact) mass is 206 g/mol. The lowest BCUT2D eigenvalue weighted by molar-refractivity contribution is 0.201. The van der Waals surface area contributed by atoms with E-state index < -0.39 is 6.09 Å². The first kappa shape index (κ1) is 10.9. The number of hydrogen-bond donors (Lipinski definition) is 2. The minimum atomic E-state index is -0.717. The molecular formula is C10H10N2O3. The third-order valence-electron chi connectivity index (χ3n) is 1.77. The van der Waals surface area contributed by atoms with Crippen LogP contribution < -0.4 is 10.1 Å². The number of phenols is 1. The molecule has 0 unspecified atom stereocenters. The maximum Gasteiger partial charge on any atom is 0.413 e. The van der Waals surface area contributed by atoms with Crippen LogP contribution in [0.3, 0.4) is 0 Å². The van der Waals surface area contributed by atoms with Crippen LogP contribution in [0.2, 0.25) is 0 Å². The molecule has 0 saturated carbocycles. The largest absolute Gasteiger partial charge is 0.508 e. The van der Waals surface area contributed by atoms with Crippen LogP contribution in [0.25, 0.3) is 0 Å². The molecule has 0 aliphatic rings. The second-order valence-corrected chi connectivity index (χ2v) is 2.80. The Hall–Kier alpha value is -2.22. The van der Waals surface area contributed by atoms with Gasteiger partial charge in [-0.3, -0.25) is 0 Å². The van der Waals surface area contributed by atoms with Crippen molar-refractivity contribution in [1.29, 1.82) is 5.26 Å². The molecule has 1 aromatic rings. The Morgan fingerprint density at radius 2 is 2.40 bits per heavy atom. The van der Waals surface area contributed by atoms with Crippen LogP contribution in [-0.4, -0.2) is 17.7 Å². The number of aromatic hydroxyl groups is 1. The predicted octanol–water partition coefficient (Wildman–Crippen LogP) is 1.31. The van der Waals surface area contributed by atoms with Crippen molar-refractivity contribution < 1.29 is 14.6 Å². The molecule has 2 N–H and O–H groups in total. The fourth-order valence-electron chi connectivity index (χ4n) is 0.961. The van der Waals surface area contributed by atoms with Gasteiger partial charge in [0.2, 0.25) is 0 Å². The van der Waals surface area contributed by atoms with Gasteiger partial charge in [0.25, 0.3) is 0 Å². The highest BCUT2D eigenvalue weighted by Crippen LogP contribution is 2.25. The summed E-state index contributed by atoms with van der Waals surface area (Å²) in [6.45, 7) is 1.51. The quantitative estimate of drug-likeness (QED) is 0.715. The van der Waals surface area contributed by atoms with Crippen molar-refractivity contribution in [2.75, 3.05) is 6.54 Å². The molecule has 0 bridgehead atoms. The molecule has 0 aliphatic carbocycles. The number of rotatable bonds is 2. The van der Waals surface area contributed by atoms with Crippen LogP contribution in [0.5, 0.6) is 11.5 Å². The van der Waals surface area contributed by atoms with Crippen molar-refractivity contribution in [2.24, 2.45) is 0 Å². The van der Waals surface area contributed by atoms with Crippen molar-refractivity contribution in [3.8, 4) is 17.6 Å². The van der Waals surface area contributed by atoms with Gasteiger partial charge in [-0.25, -0.2) is 4.79 Å². The lowest BCUT2D eigenvalue weighted by atomic mass is 10.2. The van der Waals surface area contributed by atoms with Gasteiger partial charge in [0.15, 0.2) is 0 Å². The fourth-order valence-corrected chi connectivity index (χ4v) is 0.961. The Bertz CT molecular complexity index is 410. The van der Waals surface area contributed by atoms with Crippen molar-refractivity contribution in [3.63, 3.8) is 0 Å². The third-order valence-corrected chi connectivity index (χ3v) is 1.77. The van der Waals surface area contributed by atoms with Gasteiger partial charge in [-0.05, 0) is 19.1 Å². The summed E-state index contributed by atoms with van der Waals surface area (Å²) in [5.41, 5.74) is 0.476. The number of hydrogen-bond acceptors (Lipinski definition) is 4. The van der Waals surface area contributed by atoms with E-state index in [1.807, 2.05) is 0 Å². The zero-order valence-electron chi connectivity index (χ0n) is 8.15. The van der Waals surface area contributed by atoms with Crippen LogP contribution in [0.1, 0.15) is 5.56 Å². The molecule has 0 atom stereocenters. The molecule has 78 valence electrons. The number of phenolic OH excluding ortho intramolecular Hbond substituents is 1. The first-order valence-corrected chi connectivity index (χ1v) is 4.26. The first-order chi connectivity index (χ1) is 7.15. The summed E-state index contributed by atoms with van der Waals surface area (Å²) in [6, 6.07) is 6.37. The summed E-state index contributed by atoms with van der Waals surface area (Å²) in [6.07, 6.45) is -0.717. The molecule has 0 radical (unpaired) electrons. The van der Waals surface area contributed by atoms with Gasteiger partial charge in [-0.2, -0.15) is 5.26 Å². The zero-order chi connectivity index (χ0) is 11.3. The van der Waals surface area contributed by atoms with Crippen molar-refractivity contribution in [2.45, 2.75) is 6.92 Å². The molecule has 1 amide bonds. The van der Waals surface area contributed by atoms with Crippen LogP contribution in [0.15, 0.2) is 18.2 Å². The molecule has 1 rings (SSSR count). The molecule has 0 aliphatic heterocycles. The topological polar surface area (TPSA) is 82.3 Å². The maximum atomic E-state index is 11.1. The van der Waals surface area contributed by atoms with Gasteiger partial charge in [0.05, 0.1) is 6.07 Å². The minimum Gasteiger partial charge on any atom is -0.508 e. The van der Waals surface area contributed by atoms with E-state index in [1.54, 1.807) is 25.1 Å². The lowest BCUT2D eigenvalue weighted by Crippen LogP contribution is -2.27. The number of nitrogens with zero attached hydrogens (tertiary/aromatic N) is 1. The number of amides is 1. The van der Waals surface area contributed by atoms with Gasteiger partial charge in [0.1, 0.15) is 18.0 Å². The highest BCUT2D eigenvalue weighted by atomic mass is 16.6. The van der Waals surface area contributed by atoms with Crippen molar-refractivity contribution in [3.05, 3.63) is 23.8 Å². The van der Waals surface area contributed by atoms with Crippen molar-refractivity contribution in [1.82, 2.24) is 5.32 Å². The van der Waals surface area contributed by atoms with E-state index >= 15 is 0 Å². The van der Waals surface area contributed by atoms with Crippen LogP contribution >= 0.6 is 0 Å². The summed E-state index contributed by atoms with van der Waals surface area (Å²) in [4.78, 5) is 11.1. The summed E-state index contributed by atoms with van der Waals surface area (Å²) in [7, 11) is 0. The number of carbonyl (C=O) groups is 1. The zero-order valence-corrected chi connectivity index (χ0v) is 8.15. The molecule has 5 nitrogen and oxygen atoms in total. The predicted molar refractivity (Wildman–Crippen MR) is 52.5 cm³/mol. The first-order valence-electron chi connectivity index (χ1n) is 4.26. The SMILES string of the molecule is Cc1c(O)cccc1OC(=O)NCC#N. The van der Waals surface area contributed by atoms with E-state index in [1.165, 1.54) is 6.07 Å². The maximum absolute atomic E-state index is 11.1. The Morgan fingerprint density at radius 3 is 3.07 bits per heavy atom. The lowest BCUT2D eigenvalue weighted by Gasteiger charge is -2.07. The van der Waals surface area contributed by atoms with E-state index in [9.17, 15) is 9.90 Å². The summed E-state index contributed by atoms with van der Waals surface area (Å²) in [5, 5.41) is 19.8. The summed E-state index contributed by atoms with van der Waals surface area (Å²) < 4.78 is 4.87. The minimum absolute atomic E-state index is 0.0561.